The van der Waals surface area contributed by atoms with Crippen LogP contribution in [0.4, 0.5) is 0 Å². The summed E-state index contributed by atoms with van der Waals surface area (Å²) in [5, 5.41) is 13.0. The fourth-order valence-electron chi connectivity index (χ4n) is 2.14. The Morgan fingerprint density at radius 3 is 2.56 bits per heavy atom. The van der Waals surface area contributed by atoms with Gasteiger partial charge in [-0.25, -0.2) is 4.99 Å². The zero-order valence-corrected chi connectivity index (χ0v) is 17.8. The molecule has 0 aliphatic rings. The van der Waals surface area contributed by atoms with Crippen LogP contribution in [0.3, 0.4) is 0 Å². The Kier molecular flexibility index (Phi) is 13.1. The average Bonchev–Trinajstić information content (AvgIpc) is 2.99. The smallest absolute Gasteiger partial charge is 0.239 e. The number of rotatable bonds is 10. The van der Waals surface area contributed by atoms with Crippen molar-refractivity contribution in [3.8, 4) is 0 Å². The number of nitrogens with one attached hydrogen (secondary N) is 3. The molecule has 8 nitrogen and oxygen atoms in total. The lowest BCUT2D eigenvalue weighted by atomic mass is 10.1. The lowest BCUT2D eigenvalue weighted by Crippen LogP contribution is -2.43. The number of ether oxygens (including phenoxy) is 1. The molecule has 0 atom stereocenters. The van der Waals surface area contributed by atoms with E-state index in [-0.39, 0.29) is 36.4 Å². The summed E-state index contributed by atoms with van der Waals surface area (Å²) in [6, 6.07) is 0. The van der Waals surface area contributed by atoms with Crippen LogP contribution >= 0.6 is 24.0 Å². The maximum Gasteiger partial charge on any atom is 0.239 e. The van der Waals surface area contributed by atoms with Gasteiger partial charge in [0.15, 0.2) is 5.96 Å². The lowest BCUT2D eigenvalue weighted by Gasteiger charge is -2.11. The second-order valence-corrected chi connectivity index (χ2v) is 5.13. The minimum atomic E-state index is -0.105. The van der Waals surface area contributed by atoms with E-state index in [1.807, 2.05) is 20.8 Å². The van der Waals surface area contributed by atoms with E-state index < -0.39 is 0 Å². The van der Waals surface area contributed by atoms with Crippen molar-refractivity contribution in [1.82, 2.24) is 21.1 Å². The Morgan fingerprint density at radius 2 is 1.96 bits per heavy atom. The molecule has 0 saturated heterocycles. The first kappa shape index (κ1) is 23.6. The number of hydrogen-bond acceptors (Lipinski definition) is 5. The van der Waals surface area contributed by atoms with Crippen LogP contribution in [0.1, 0.15) is 37.8 Å². The Bertz CT molecular complexity index is 512. The maximum atomic E-state index is 11.7. The summed E-state index contributed by atoms with van der Waals surface area (Å²) in [5.74, 6) is 1.35. The largest absolute Gasteiger partial charge is 0.383 e. The molecule has 25 heavy (non-hydrogen) atoms. The molecule has 0 aromatic carbocycles. The molecule has 0 unspecified atom stereocenters. The van der Waals surface area contributed by atoms with Crippen LogP contribution in [0.5, 0.6) is 0 Å². The minimum absolute atomic E-state index is 0. The van der Waals surface area contributed by atoms with Gasteiger partial charge in [-0.3, -0.25) is 4.79 Å². The predicted molar refractivity (Wildman–Crippen MR) is 108 cm³/mol. The monoisotopic (exact) mass is 467 g/mol. The third-order valence-electron chi connectivity index (χ3n) is 3.39. The van der Waals surface area contributed by atoms with Crippen LogP contribution < -0.4 is 16.0 Å². The number of carbonyl (C=O) groups excluding carboxylic acids is 1. The van der Waals surface area contributed by atoms with Gasteiger partial charge in [0, 0.05) is 32.2 Å². The van der Waals surface area contributed by atoms with Crippen molar-refractivity contribution in [2.24, 2.45) is 4.99 Å². The van der Waals surface area contributed by atoms with Crippen molar-refractivity contribution < 1.29 is 14.1 Å². The molecule has 0 bridgehead atoms. The second-order valence-electron chi connectivity index (χ2n) is 5.13. The fourth-order valence-corrected chi connectivity index (χ4v) is 2.14. The van der Waals surface area contributed by atoms with E-state index in [4.69, 9.17) is 9.26 Å². The van der Waals surface area contributed by atoms with Crippen molar-refractivity contribution >= 4 is 35.8 Å². The van der Waals surface area contributed by atoms with Gasteiger partial charge in [0.2, 0.25) is 5.91 Å². The zero-order valence-electron chi connectivity index (χ0n) is 15.5. The van der Waals surface area contributed by atoms with E-state index in [9.17, 15) is 4.79 Å². The molecule has 1 amide bonds. The number of aliphatic imine (C=N–C) groups is 1. The molecule has 1 rings (SSSR count). The predicted octanol–water partition coefficient (Wildman–Crippen LogP) is 1.24. The third kappa shape index (κ3) is 8.52. The van der Waals surface area contributed by atoms with E-state index in [1.54, 1.807) is 7.11 Å². The van der Waals surface area contributed by atoms with Crippen molar-refractivity contribution in [2.45, 2.75) is 40.2 Å². The zero-order chi connectivity index (χ0) is 17.8. The third-order valence-corrected chi connectivity index (χ3v) is 3.39. The van der Waals surface area contributed by atoms with Gasteiger partial charge in [-0.05, 0) is 13.3 Å². The Balaban J connectivity index is 0.00000576. The number of carbonyl (C=O) groups is 1. The van der Waals surface area contributed by atoms with Gasteiger partial charge in [-0.1, -0.05) is 19.0 Å². The number of guanidine groups is 1. The second kappa shape index (κ2) is 13.9. The van der Waals surface area contributed by atoms with Gasteiger partial charge >= 0.3 is 0 Å². The van der Waals surface area contributed by atoms with Gasteiger partial charge < -0.3 is 25.2 Å². The molecular weight excluding hydrogens is 437 g/mol. The highest BCUT2D eigenvalue weighted by Gasteiger charge is 2.13. The number of nitrogens with zero attached hydrogens (tertiary/aromatic N) is 2. The highest BCUT2D eigenvalue weighted by atomic mass is 127. The Hall–Kier alpha value is -1.36. The molecule has 0 radical (unpaired) electrons. The first-order valence-electron chi connectivity index (χ1n) is 8.40. The Labute approximate surface area is 166 Å². The van der Waals surface area contributed by atoms with E-state index in [2.05, 4.69) is 26.1 Å². The SMILES string of the molecule is CCNC(=NCc1c(CC)noc1CC)NCC(=O)NCCOC.I. The first-order valence-corrected chi connectivity index (χ1v) is 8.40. The van der Waals surface area contributed by atoms with Crippen LogP contribution in [0.15, 0.2) is 9.52 Å². The van der Waals surface area contributed by atoms with Gasteiger partial charge in [0.05, 0.1) is 25.4 Å². The summed E-state index contributed by atoms with van der Waals surface area (Å²) >= 11 is 0. The molecule has 9 heteroatoms. The van der Waals surface area contributed by atoms with Crippen molar-refractivity contribution in [3.05, 3.63) is 17.0 Å². The molecule has 1 aromatic rings. The number of halogens is 1. The summed E-state index contributed by atoms with van der Waals surface area (Å²) in [7, 11) is 1.60. The number of aryl methyl sites for hydroxylation is 2. The Morgan fingerprint density at radius 1 is 1.20 bits per heavy atom. The molecule has 0 saturated carbocycles. The van der Waals surface area contributed by atoms with Gasteiger partial charge in [-0.15, -0.1) is 24.0 Å². The lowest BCUT2D eigenvalue weighted by molar-refractivity contribution is -0.120. The summed E-state index contributed by atoms with van der Waals surface area (Å²) in [6.45, 7) is 8.36. The average molecular weight is 467 g/mol. The van der Waals surface area contributed by atoms with E-state index in [0.29, 0.717) is 32.2 Å². The highest BCUT2D eigenvalue weighted by Crippen LogP contribution is 2.16. The van der Waals surface area contributed by atoms with Crippen molar-refractivity contribution in [3.63, 3.8) is 0 Å². The number of amides is 1. The minimum Gasteiger partial charge on any atom is -0.383 e. The quantitative estimate of drug-likeness (QED) is 0.207. The molecule has 0 aliphatic heterocycles. The first-order chi connectivity index (χ1) is 11.7. The highest BCUT2D eigenvalue weighted by molar-refractivity contribution is 14.0. The number of aromatic nitrogens is 1. The van der Waals surface area contributed by atoms with Gasteiger partial charge in [0.1, 0.15) is 5.76 Å². The summed E-state index contributed by atoms with van der Waals surface area (Å²) in [4.78, 5) is 16.3. The molecule has 0 fully saturated rings. The van der Waals surface area contributed by atoms with Crippen LogP contribution in [-0.4, -0.2) is 50.4 Å². The summed E-state index contributed by atoms with van der Waals surface area (Å²) in [5.41, 5.74) is 1.96. The van der Waals surface area contributed by atoms with Crippen LogP contribution in [0.25, 0.3) is 0 Å². The van der Waals surface area contributed by atoms with Crippen molar-refractivity contribution in [2.75, 3.05) is 33.4 Å². The van der Waals surface area contributed by atoms with E-state index >= 15 is 0 Å². The molecule has 1 aromatic heterocycles. The molecule has 0 spiro atoms. The molecule has 3 N–H and O–H groups in total. The topological polar surface area (TPSA) is 101 Å². The summed E-state index contributed by atoms with van der Waals surface area (Å²) < 4.78 is 10.2. The number of methoxy groups -OCH3 is 1. The molecule has 144 valence electrons. The standard InChI is InChI=1S/C16H29N5O3.HI/c1-5-13-12(14(6-2)24-21-13)10-19-16(17-7-3)20-11-15(22)18-8-9-23-4;/h5-11H2,1-4H3,(H,18,22)(H2,17,19,20);1H. The van der Waals surface area contributed by atoms with Gasteiger partial charge in [-0.2, -0.15) is 0 Å². The van der Waals surface area contributed by atoms with Crippen molar-refractivity contribution in [1.29, 1.82) is 0 Å². The van der Waals surface area contributed by atoms with Crippen LogP contribution in [0, 0.1) is 0 Å². The molecule has 0 aliphatic carbocycles. The van der Waals surface area contributed by atoms with E-state index in [1.165, 1.54) is 0 Å². The summed E-state index contributed by atoms with van der Waals surface area (Å²) in [6.07, 6.45) is 1.59. The molecule has 1 heterocycles. The van der Waals surface area contributed by atoms with E-state index in [0.717, 1.165) is 29.9 Å². The van der Waals surface area contributed by atoms with Crippen LogP contribution in [0.2, 0.25) is 0 Å². The van der Waals surface area contributed by atoms with Crippen LogP contribution in [-0.2, 0) is 28.9 Å². The fraction of sp³-hybridized carbons (Fsp3) is 0.688. The maximum absolute atomic E-state index is 11.7. The number of hydrogen-bond donors (Lipinski definition) is 3. The van der Waals surface area contributed by atoms with Gasteiger partial charge in [0.25, 0.3) is 0 Å². The normalized spacial score (nSPS) is 11.0. The molecular formula is C16H30IN5O3.